The minimum atomic E-state index is 0.806. The highest BCUT2D eigenvalue weighted by molar-refractivity contribution is 5.42. The van der Waals surface area contributed by atoms with Gasteiger partial charge in [-0.2, -0.15) is 0 Å². The van der Waals surface area contributed by atoms with Crippen molar-refractivity contribution >= 4 is 11.6 Å². The predicted molar refractivity (Wildman–Crippen MR) is 55.1 cm³/mol. The SMILES string of the molecule is CCCN(C)c1cncc(NC)n1. The third-order valence-corrected chi connectivity index (χ3v) is 1.83. The van der Waals surface area contributed by atoms with Crippen molar-refractivity contribution in [1.82, 2.24) is 9.97 Å². The van der Waals surface area contributed by atoms with Crippen LogP contribution in [0.15, 0.2) is 12.4 Å². The second-order valence-electron chi connectivity index (χ2n) is 2.93. The molecule has 0 unspecified atom stereocenters. The highest BCUT2D eigenvalue weighted by Gasteiger charge is 2.01. The fraction of sp³-hybridized carbons (Fsp3) is 0.556. The van der Waals surface area contributed by atoms with Gasteiger partial charge in [0, 0.05) is 20.6 Å². The summed E-state index contributed by atoms with van der Waals surface area (Å²) < 4.78 is 0. The molecule has 4 nitrogen and oxygen atoms in total. The zero-order chi connectivity index (χ0) is 9.68. The second kappa shape index (κ2) is 4.64. The van der Waals surface area contributed by atoms with Crippen molar-refractivity contribution in [3.63, 3.8) is 0 Å². The van der Waals surface area contributed by atoms with Gasteiger partial charge in [-0.05, 0) is 6.42 Å². The Bertz CT molecular complexity index is 262. The molecule has 0 aliphatic carbocycles. The topological polar surface area (TPSA) is 41.1 Å². The molecule has 1 rings (SSSR count). The molecule has 0 fully saturated rings. The van der Waals surface area contributed by atoms with E-state index in [4.69, 9.17) is 0 Å². The summed E-state index contributed by atoms with van der Waals surface area (Å²) in [6, 6.07) is 0. The van der Waals surface area contributed by atoms with Gasteiger partial charge in [-0.1, -0.05) is 6.92 Å². The molecule has 0 bridgehead atoms. The molecule has 0 saturated heterocycles. The number of hydrogen-bond acceptors (Lipinski definition) is 4. The van der Waals surface area contributed by atoms with Crippen molar-refractivity contribution in [2.24, 2.45) is 0 Å². The molecule has 0 radical (unpaired) electrons. The normalized spacial score (nSPS) is 9.77. The quantitative estimate of drug-likeness (QED) is 0.759. The Hall–Kier alpha value is -1.32. The van der Waals surface area contributed by atoms with E-state index in [1.807, 2.05) is 14.1 Å². The molecule has 0 aliphatic rings. The van der Waals surface area contributed by atoms with Gasteiger partial charge in [0.15, 0.2) is 0 Å². The Balaban J connectivity index is 2.75. The molecule has 0 atom stereocenters. The predicted octanol–water partition coefficient (Wildman–Crippen LogP) is 1.36. The summed E-state index contributed by atoms with van der Waals surface area (Å²) >= 11 is 0. The zero-order valence-electron chi connectivity index (χ0n) is 8.41. The third-order valence-electron chi connectivity index (χ3n) is 1.83. The molecular weight excluding hydrogens is 164 g/mol. The van der Waals surface area contributed by atoms with Crippen molar-refractivity contribution in [2.45, 2.75) is 13.3 Å². The molecule has 4 heteroatoms. The van der Waals surface area contributed by atoms with Gasteiger partial charge in [-0.3, -0.25) is 4.98 Å². The van der Waals surface area contributed by atoms with Crippen molar-refractivity contribution in [3.8, 4) is 0 Å². The first-order valence-corrected chi connectivity index (χ1v) is 4.49. The lowest BCUT2D eigenvalue weighted by Gasteiger charge is -2.16. The summed E-state index contributed by atoms with van der Waals surface area (Å²) in [4.78, 5) is 10.5. The maximum Gasteiger partial charge on any atom is 0.149 e. The van der Waals surface area contributed by atoms with Crippen molar-refractivity contribution in [3.05, 3.63) is 12.4 Å². The maximum atomic E-state index is 4.36. The fourth-order valence-electron chi connectivity index (χ4n) is 1.11. The van der Waals surface area contributed by atoms with E-state index in [1.54, 1.807) is 12.4 Å². The average Bonchev–Trinajstić information content (AvgIpc) is 2.18. The van der Waals surface area contributed by atoms with Gasteiger partial charge in [0.2, 0.25) is 0 Å². The lowest BCUT2D eigenvalue weighted by atomic mass is 10.4. The Labute approximate surface area is 79.0 Å². The minimum Gasteiger partial charge on any atom is -0.372 e. The molecule has 1 aromatic rings. The van der Waals surface area contributed by atoms with Crippen LogP contribution in [-0.2, 0) is 0 Å². The minimum absolute atomic E-state index is 0.806. The molecule has 0 aliphatic heterocycles. The number of hydrogen-bond donors (Lipinski definition) is 1. The molecule has 0 spiro atoms. The van der Waals surface area contributed by atoms with Crippen LogP contribution in [0.25, 0.3) is 0 Å². The van der Waals surface area contributed by atoms with E-state index in [1.165, 1.54) is 0 Å². The maximum absolute atomic E-state index is 4.36. The Morgan fingerprint density at radius 3 is 2.85 bits per heavy atom. The Morgan fingerprint density at radius 1 is 1.46 bits per heavy atom. The number of nitrogens with one attached hydrogen (secondary N) is 1. The Kier molecular flexibility index (Phi) is 3.49. The highest BCUT2D eigenvalue weighted by atomic mass is 15.2. The number of anilines is 2. The van der Waals surface area contributed by atoms with Crippen LogP contribution >= 0.6 is 0 Å². The third kappa shape index (κ3) is 2.57. The summed E-state index contributed by atoms with van der Waals surface area (Å²) in [5.74, 6) is 1.72. The van der Waals surface area contributed by atoms with Crippen molar-refractivity contribution in [2.75, 3.05) is 30.9 Å². The van der Waals surface area contributed by atoms with Crippen LogP contribution in [0.3, 0.4) is 0 Å². The molecule has 0 amide bonds. The van der Waals surface area contributed by atoms with Gasteiger partial charge in [-0.15, -0.1) is 0 Å². The van der Waals surface area contributed by atoms with Crippen LogP contribution in [-0.4, -0.2) is 30.6 Å². The summed E-state index contributed by atoms with van der Waals surface area (Å²) in [6.07, 6.45) is 4.60. The molecule has 0 saturated carbocycles. The molecule has 13 heavy (non-hydrogen) atoms. The van der Waals surface area contributed by atoms with Crippen molar-refractivity contribution < 1.29 is 0 Å². The van der Waals surface area contributed by atoms with Gasteiger partial charge in [0.05, 0.1) is 12.4 Å². The van der Waals surface area contributed by atoms with Gasteiger partial charge in [0.25, 0.3) is 0 Å². The van der Waals surface area contributed by atoms with Gasteiger partial charge in [-0.25, -0.2) is 4.98 Å². The second-order valence-corrected chi connectivity index (χ2v) is 2.93. The van der Waals surface area contributed by atoms with E-state index in [-0.39, 0.29) is 0 Å². The molecule has 1 aromatic heterocycles. The molecular formula is C9H16N4. The first-order valence-electron chi connectivity index (χ1n) is 4.49. The summed E-state index contributed by atoms with van der Waals surface area (Å²) in [6.45, 7) is 3.15. The van der Waals surface area contributed by atoms with E-state index in [0.717, 1.165) is 24.6 Å². The highest BCUT2D eigenvalue weighted by Crippen LogP contribution is 2.09. The van der Waals surface area contributed by atoms with Crippen LogP contribution in [0.5, 0.6) is 0 Å². The van der Waals surface area contributed by atoms with E-state index in [0.29, 0.717) is 0 Å². The Morgan fingerprint density at radius 2 is 2.23 bits per heavy atom. The van der Waals surface area contributed by atoms with E-state index in [9.17, 15) is 0 Å². The van der Waals surface area contributed by atoms with Crippen LogP contribution in [0.2, 0.25) is 0 Å². The van der Waals surface area contributed by atoms with Crippen molar-refractivity contribution in [1.29, 1.82) is 0 Å². The number of rotatable bonds is 4. The lowest BCUT2D eigenvalue weighted by molar-refractivity contribution is 0.834. The van der Waals surface area contributed by atoms with E-state index >= 15 is 0 Å². The number of nitrogens with zero attached hydrogens (tertiary/aromatic N) is 3. The first kappa shape index (κ1) is 9.77. The van der Waals surface area contributed by atoms with Crippen LogP contribution < -0.4 is 10.2 Å². The van der Waals surface area contributed by atoms with E-state index in [2.05, 4.69) is 27.1 Å². The van der Waals surface area contributed by atoms with E-state index < -0.39 is 0 Å². The molecule has 1 heterocycles. The van der Waals surface area contributed by atoms with Crippen LogP contribution in [0.4, 0.5) is 11.6 Å². The monoisotopic (exact) mass is 180 g/mol. The summed E-state index contributed by atoms with van der Waals surface area (Å²) in [5.41, 5.74) is 0. The number of aromatic nitrogens is 2. The summed E-state index contributed by atoms with van der Waals surface area (Å²) in [5, 5.41) is 2.96. The first-order chi connectivity index (χ1) is 6.27. The van der Waals surface area contributed by atoms with Crippen LogP contribution in [0, 0.1) is 0 Å². The largest absolute Gasteiger partial charge is 0.372 e. The standard InChI is InChI=1S/C9H16N4/c1-4-5-13(3)9-7-11-6-8(10-2)12-9/h6-7H,4-5H2,1-3H3,(H,10,12). The smallest absolute Gasteiger partial charge is 0.149 e. The average molecular weight is 180 g/mol. The van der Waals surface area contributed by atoms with Gasteiger partial charge < -0.3 is 10.2 Å². The fourth-order valence-corrected chi connectivity index (χ4v) is 1.11. The van der Waals surface area contributed by atoms with Crippen LogP contribution in [0.1, 0.15) is 13.3 Å². The van der Waals surface area contributed by atoms with Gasteiger partial charge in [0.1, 0.15) is 11.6 Å². The molecule has 0 aromatic carbocycles. The van der Waals surface area contributed by atoms with Gasteiger partial charge >= 0.3 is 0 Å². The lowest BCUT2D eigenvalue weighted by Crippen LogP contribution is -2.19. The molecule has 1 N–H and O–H groups in total. The molecule has 72 valence electrons. The zero-order valence-corrected chi connectivity index (χ0v) is 8.41. The summed E-state index contributed by atoms with van der Waals surface area (Å²) in [7, 11) is 3.86.